The van der Waals surface area contributed by atoms with Crippen molar-refractivity contribution in [3.8, 4) is 5.75 Å². The zero-order chi connectivity index (χ0) is 14.6. The third kappa shape index (κ3) is 3.61. The van der Waals surface area contributed by atoms with Crippen LogP contribution in [0.25, 0.3) is 0 Å². The van der Waals surface area contributed by atoms with E-state index in [0.717, 1.165) is 0 Å². The smallest absolute Gasteiger partial charge is 0.339 e. The molecule has 1 N–H and O–H groups in total. The Morgan fingerprint density at radius 2 is 2.00 bits per heavy atom. The van der Waals surface area contributed by atoms with E-state index in [1.165, 1.54) is 25.3 Å². The van der Waals surface area contributed by atoms with Gasteiger partial charge in [-0.3, -0.25) is 4.79 Å². The molecule has 0 fully saturated rings. The van der Waals surface area contributed by atoms with E-state index in [0.29, 0.717) is 0 Å². The normalized spacial score (nSPS) is 10.9. The van der Waals surface area contributed by atoms with Crippen molar-refractivity contribution in [1.82, 2.24) is 0 Å². The molecule has 0 saturated carbocycles. The summed E-state index contributed by atoms with van der Waals surface area (Å²) in [5.74, 6) is -1.54. The summed E-state index contributed by atoms with van der Waals surface area (Å²) in [5, 5.41) is 9.23. The van der Waals surface area contributed by atoms with Gasteiger partial charge < -0.3 is 14.6 Å². The molecule has 1 aromatic carbocycles. The number of carboxylic acids is 1. The standard InChI is InChI=1S/C13H15ClO5/c1-13(2,12(17)18-3)7-19-10-8(11(15)16)5-4-6-9(10)14/h4-6H,7H2,1-3H3,(H,15,16). The van der Waals surface area contributed by atoms with Gasteiger partial charge in [-0.05, 0) is 26.0 Å². The van der Waals surface area contributed by atoms with Crippen LogP contribution in [0.5, 0.6) is 5.75 Å². The highest BCUT2D eigenvalue weighted by Gasteiger charge is 2.30. The fraction of sp³-hybridized carbons (Fsp3) is 0.385. The number of esters is 1. The third-order valence-corrected chi connectivity index (χ3v) is 2.81. The molecule has 19 heavy (non-hydrogen) atoms. The van der Waals surface area contributed by atoms with Crippen LogP contribution in [0.2, 0.25) is 5.02 Å². The second-order valence-electron chi connectivity index (χ2n) is 4.59. The number of ether oxygens (including phenoxy) is 2. The number of rotatable bonds is 5. The highest BCUT2D eigenvalue weighted by Crippen LogP contribution is 2.30. The minimum Gasteiger partial charge on any atom is -0.490 e. The molecule has 0 aliphatic carbocycles. The summed E-state index contributed by atoms with van der Waals surface area (Å²) in [7, 11) is 1.28. The van der Waals surface area contributed by atoms with Crippen molar-refractivity contribution in [3.05, 3.63) is 28.8 Å². The van der Waals surface area contributed by atoms with E-state index in [9.17, 15) is 9.59 Å². The van der Waals surface area contributed by atoms with Gasteiger partial charge in [0.05, 0.1) is 17.5 Å². The van der Waals surface area contributed by atoms with Gasteiger partial charge >= 0.3 is 11.9 Å². The zero-order valence-electron chi connectivity index (χ0n) is 10.9. The first-order valence-corrected chi connectivity index (χ1v) is 5.90. The van der Waals surface area contributed by atoms with Gasteiger partial charge in [0.2, 0.25) is 0 Å². The van der Waals surface area contributed by atoms with Crippen LogP contribution in [0.15, 0.2) is 18.2 Å². The maximum absolute atomic E-state index is 11.5. The minimum atomic E-state index is -1.15. The number of hydrogen-bond acceptors (Lipinski definition) is 4. The molecule has 0 atom stereocenters. The van der Waals surface area contributed by atoms with Gasteiger partial charge in [0.15, 0.2) is 5.75 Å². The molecule has 0 saturated heterocycles. The first-order chi connectivity index (χ1) is 8.79. The molecule has 0 unspecified atom stereocenters. The molecule has 104 valence electrons. The fourth-order valence-corrected chi connectivity index (χ4v) is 1.64. The van der Waals surface area contributed by atoms with Gasteiger partial charge in [-0.15, -0.1) is 0 Å². The average Bonchev–Trinajstić information content (AvgIpc) is 2.35. The van der Waals surface area contributed by atoms with Gasteiger partial charge in [0.1, 0.15) is 12.2 Å². The summed E-state index contributed by atoms with van der Waals surface area (Å²) in [5.41, 5.74) is -0.947. The Bertz CT molecular complexity index is 496. The molecule has 0 spiro atoms. The Hall–Kier alpha value is -1.75. The molecule has 0 radical (unpaired) electrons. The Balaban J connectivity index is 2.95. The van der Waals surface area contributed by atoms with Crippen LogP contribution in [0.4, 0.5) is 0 Å². The predicted molar refractivity (Wildman–Crippen MR) is 69.7 cm³/mol. The molecule has 1 rings (SSSR count). The second-order valence-corrected chi connectivity index (χ2v) is 4.99. The van der Waals surface area contributed by atoms with E-state index in [1.54, 1.807) is 13.8 Å². The lowest BCUT2D eigenvalue weighted by atomic mass is 9.95. The second kappa shape index (κ2) is 5.93. The SMILES string of the molecule is COC(=O)C(C)(C)COc1c(Cl)cccc1C(=O)O. The van der Waals surface area contributed by atoms with Crippen LogP contribution >= 0.6 is 11.6 Å². The van der Waals surface area contributed by atoms with E-state index in [1.807, 2.05) is 0 Å². The van der Waals surface area contributed by atoms with Gasteiger partial charge in [0, 0.05) is 0 Å². The molecular weight excluding hydrogens is 272 g/mol. The predicted octanol–water partition coefficient (Wildman–Crippen LogP) is 2.62. The maximum atomic E-state index is 11.5. The van der Waals surface area contributed by atoms with Gasteiger partial charge in [0.25, 0.3) is 0 Å². The first kappa shape index (κ1) is 15.3. The topological polar surface area (TPSA) is 72.8 Å². The van der Waals surface area contributed by atoms with Crippen LogP contribution in [0.3, 0.4) is 0 Å². The van der Waals surface area contributed by atoms with Crippen LogP contribution < -0.4 is 4.74 Å². The number of para-hydroxylation sites is 1. The van der Waals surface area contributed by atoms with E-state index >= 15 is 0 Å². The van der Waals surface area contributed by atoms with E-state index in [4.69, 9.17) is 21.4 Å². The molecule has 1 aromatic rings. The molecule has 0 amide bonds. The van der Waals surface area contributed by atoms with Gasteiger partial charge in [-0.25, -0.2) is 4.79 Å². The number of carbonyl (C=O) groups excluding carboxylic acids is 1. The molecule has 0 bridgehead atoms. The largest absolute Gasteiger partial charge is 0.490 e. The van der Waals surface area contributed by atoms with Crippen molar-refractivity contribution in [2.24, 2.45) is 5.41 Å². The third-order valence-electron chi connectivity index (χ3n) is 2.51. The van der Waals surface area contributed by atoms with E-state index < -0.39 is 17.4 Å². The Labute approximate surface area is 116 Å². The summed E-state index contributed by atoms with van der Waals surface area (Å²) >= 11 is 5.91. The lowest BCUT2D eigenvalue weighted by Gasteiger charge is -2.22. The van der Waals surface area contributed by atoms with Crippen molar-refractivity contribution >= 4 is 23.5 Å². The number of halogens is 1. The lowest BCUT2D eigenvalue weighted by Crippen LogP contribution is -2.32. The first-order valence-electron chi connectivity index (χ1n) is 5.52. The molecule has 0 aliphatic heterocycles. The quantitative estimate of drug-likeness (QED) is 0.842. The molecule has 0 aliphatic rings. The molecular formula is C13H15ClO5. The number of aromatic carboxylic acids is 1. The van der Waals surface area contributed by atoms with Crippen LogP contribution in [0, 0.1) is 5.41 Å². The summed E-state index contributed by atoms with van der Waals surface area (Å²) < 4.78 is 10.0. The van der Waals surface area contributed by atoms with Crippen molar-refractivity contribution in [2.75, 3.05) is 13.7 Å². The van der Waals surface area contributed by atoms with Gasteiger partial charge in [-0.1, -0.05) is 17.7 Å². The molecule has 5 nitrogen and oxygen atoms in total. The summed E-state index contributed by atoms with van der Waals surface area (Å²) in [6, 6.07) is 4.42. The van der Waals surface area contributed by atoms with Crippen LogP contribution in [-0.4, -0.2) is 30.8 Å². The van der Waals surface area contributed by atoms with Crippen molar-refractivity contribution in [3.63, 3.8) is 0 Å². The molecule has 6 heteroatoms. The number of carboxylic acid groups (broad SMARTS) is 1. The number of carbonyl (C=O) groups is 2. The Morgan fingerprint density at radius 1 is 1.37 bits per heavy atom. The number of methoxy groups -OCH3 is 1. The van der Waals surface area contributed by atoms with Crippen molar-refractivity contribution < 1.29 is 24.2 Å². The average molecular weight is 287 g/mol. The summed E-state index contributed by atoms with van der Waals surface area (Å²) in [4.78, 5) is 22.6. The summed E-state index contributed by atoms with van der Waals surface area (Å²) in [6.07, 6.45) is 0. The zero-order valence-corrected chi connectivity index (χ0v) is 11.7. The lowest BCUT2D eigenvalue weighted by molar-refractivity contribution is -0.152. The minimum absolute atomic E-state index is 0.0380. The van der Waals surface area contributed by atoms with Crippen LogP contribution in [0.1, 0.15) is 24.2 Å². The number of benzene rings is 1. The fourth-order valence-electron chi connectivity index (χ4n) is 1.41. The van der Waals surface area contributed by atoms with Crippen molar-refractivity contribution in [1.29, 1.82) is 0 Å². The molecule has 0 aromatic heterocycles. The maximum Gasteiger partial charge on any atom is 0.339 e. The van der Waals surface area contributed by atoms with Crippen molar-refractivity contribution in [2.45, 2.75) is 13.8 Å². The van der Waals surface area contributed by atoms with Crippen LogP contribution in [-0.2, 0) is 9.53 Å². The monoisotopic (exact) mass is 286 g/mol. The number of hydrogen-bond donors (Lipinski definition) is 1. The molecule has 0 heterocycles. The summed E-state index contributed by atoms with van der Waals surface area (Å²) in [6.45, 7) is 3.23. The highest BCUT2D eigenvalue weighted by molar-refractivity contribution is 6.32. The van der Waals surface area contributed by atoms with E-state index in [-0.39, 0.29) is 22.9 Å². The Morgan fingerprint density at radius 3 is 2.53 bits per heavy atom. The van der Waals surface area contributed by atoms with E-state index in [2.05, 4.69) is 4.74 Å². The highest BCUT2D eigenvalue weighted by atomic mass is 35.5. The van der Waals surface area contributed by atoms with Gasteiger partial charge in [-0.2, -0.15) is 0 Å². The Kier molecular flexibility index (Phi) is 4.78.